The van der Waals surface area contributed by atoms with Gasteiger partial charge in [-0.1, -0.05) is 117 Å². The monoisotopic (exact) mass is 817 g/mol. The van der Waals surface area contributed by atoms with Crippen LogP contribution in [-0.4, -0.2) is 0 Å². The van der Waals surface area contributed by atoms with Crippen molar-refractivity contribution in [2.24, 2.45) is 80.3 Å². The minimum atomic E-state index is 0.467. The maximum atomic E-state index is 4.37. The third kappa shape index (κ3) is 8.96. The van der Waals surface area contributed by atoms with Crippen LogP contribution >= 0.6 is 0 Å². The minimum Gasteiger partial charge on any atom is -0.0990 e. The lowest BCUT2D eigenvalue weighted by atomic mass is 9.47. The van der Waals surface area contributed by atoms with Crippen LogP contribution in [0.4, 0.5) is 0 Å². The van der Waals surface area contributed by atoms with E-state index < -0.39 is 0 Å². The Hall–Kier alpha value is -1.82. The highest BCUT2D eigenvalue weighted by Crippen LogP contribution is 2.87. The molecule has 11 aliphatic carbocycles. The molecule has 0 N–H and O–H groups in total. The average molecular weight is 817 g/mol. The molecule has 0 radical (unpaired) electrons. The molecule has 14 atom stereocenters. The summed E-state index contributed by atoms with van der Waals surface area (Å²) in [6, 6.07) is 0. The zero-order valence-corrected chi connectivity index (χ0v) is 42.2. The fraction of sp³-hybridized carbons (Fsp3) is 0.767. The quantitative estimate of drug-likeness (QED) is 0.172. The van der Waals surface area contributed by atoms with Gasteiger partial charge in [-0.25, -0.2) is 0 Å². The van der Waals surface area contributed by atoms with E-state index in [0.29, 0.717) is 21.7 Å². The van der Waals surface area contributed by atoms with Gasteiger partial charge in [-0.15, -0.1) is 0 Å². The number of hydrogen-bond donors (Lipinski definition) is 0. The van der Waals surface area contributed by atoms with E-state index in [1.165, 1.54) is 125 Å². The Morgan fingerprint density at radius 1 is 0.533 bits per heavy atom. The maximum Gasteiger partial charge on any atom is -0.00849 e. The van der Waals surface area contributed by atoms with E-state index in [1.807, 2.05) is 0 Å². The first-order chi connectivity index (χ1) is 28.1. The maximum absolute atomic E-state index is 4.37. The Morgan fingerprint density at radius 3 is 1.28 bits per heavy atom. The van der Waals surface area contributed by atoms with Gasteiger partial charge in [-0.05, 0) is 258 Å². The van der Waals surface area contributed by atoms with Crippen molar-refractivity contribution in [2.75, 3.05) is 0 Å². The second kappa shape index (κ2) is 18.3. The fourth-order valence-corrected chi connectivity index (χ4v) is 16.0. The van der Waals surface area contributed by atoms with Gasteiger partial charge in [0.05, 0.1) is 0 Å². The summed E-state index contributed by atoms with van der Waals surface area (Å²) in [4.78, 5) is 0. The van der Waals surface area contributed by atoms with E-state index in [0.717, 1.165) is 58.7 Å². The molecule has 0 heterocycles. The van der Waals surface area contributed by atoms with Crippen molar-refractivity contribution in [1.29, 1.82) is 0 Å². The van der Waals surface area contributed by atoms with Crippen molar-refractivity contribution >= 4 is 0 Å². The van der Waals surface area contributed by atoms with Gasteiger partial charge in [0.15, 0.2) is 0 Å². The Balaban J connectivity index is 0.000000134. The van der Waals surface area contributed by atoms with Crippen molar-refractivity contribution in [2.45, 2.75) is 213 Å². The van der Waals surface area contributed by atoms with E-state index in [1.54, 1.807) is 29.6 Å². The molecule has 12 unspecified atom stereocenters. The Labute approximate surface area is 373 Å². The van der Waals surface area contributed by atoms with Crippen molar-refractivity contribution in [1.82, 2.24) is 0 Å². The third-order valence-electron chi connectivity index (χ3n) is 20.7. The largest absolute Gasteiger partial charge is 0.0990 e. The first kappa shape index (κ1) is 47.7. The highest BCUT2D eigenvalue weighted by molar-refractivity contribution is 5.29. The topological polar surface area (TPSA) is 0 Å². The smallest absolute Gasteiger partial charge is 0.00849 e. The molecule has 60 heavy (non-hydrogen) atoms. The second-order valence-electron chi connectivity index (χ2n) is 24.8. The first-order valence-electron chi connectivity index (χ1n) is 25.7. The van der Waals surface area contributed by atoms with Crippen LogP contribution in [0.1, 0.15) is 213 Å². The molecular formula is C60H96. The molecule has 9 fully saturated rings. The Bertz CT molecular complexity index is 1650. The van der Waals surface area contributed by atoms with E-state index in [9.17, 15) is 0 Å². The molecule has 0 nitrogen and oxygen atoms in total. The van der Waals surface area contributed by atoms with Gasteiger partial charge < -0.3 is 0 Å². The van der Waals surface area contributed by atoms with Crippen molar-refractivity contribution < 1.29 is 0 Å². The van der Waals surface area contributed by atoms with Gasteiger partial charge >= 0.3 is 0 Å². The summed E-state index contributed by atoms with van der Waals surface area (Å²) in [5.41, 5.74) is 13.7. The minimum absolute atomic E-state index is 0.467. The lowest BCUT2D eigenvalue weighted by Gasteiger charge is -2.58. The van der Waals surface area contributed by atoms with Crippen LogP contribution in [0.15, 0.2) is 82.5 Å². The van der Waals surface area contributed by atoms with Gasteiger partial charge in [0.1, 0.15) is 0 Å². The zero-order chi connectivity index (χ0) is 44.0. The summed E-state index contributed by atoms with van der Waals surface area (Å²) < 4.78 is 0. The molecule has 0 aromatic carbocycles. The standard InChI is InChI=1S/4C15H24/c1-10(2)6-5-7-14(3)11-8-12-13(9-11)15(12,14)4;2*1-11(2)6-5-9-15(4)12(3)13-7-8-14(15)10-13;1-11(2)6-5-9-15(4)13-8-7-12(3)14(15)10-13/h6,11-13H,5,7-9H2,1-4H3;2*6,13-14H,3,5,7-10H2,1-2,4H3;6-7,13-14H,5,8-10H2,1-4H3/t11?,12-,13?,14?,15?;13?,14?,15-;;/m10../s1. The summed E-state index contributed by atoms with van der Waals surface area (Å²) in [6.07, 6.45) is 37.1. The van der Waals surface area contributed by atoms with Crippen LogP contribution < -0.4 is 0 Å². The van der Waals surface area contributed by atoms with Crippen LogP contribution in [-0.2, 0) is 0 Å². The number of fused-ring (bicyclic) bond motifs is 5. The van der Waals surface area contributed by atoms with Crippen LogP contribution in [0.5, 0.6) is 0 Å². The van der Waals surface area contributed by atoms with E-state index in [-0.39, 0.29) is 0 Å². The van der Waals surface area contributed by atoms with Crippen LogP contribution in [0.25, 0.3) is 0 Å². The molecule has 0 spiro atoms. The SMILES string of the molecule is C=C1C2CCC(C2)C1(C)CCC=C(C)C.C=C1C2CCC(C2)[C@@]1(C)CCC=C(C)C.CC(C)=CCCC1(C)C2CC3[C@@H](C2)C31C.CC(C)=CCCC1(C)C2CC=C(C)C1C2. The third-order valence-corrected chi connectivity index (χ3v) is 20.7. The molecule has 0 amide bonds. The number of allylic oxidation sites excluding steroid dienone is 12. The average Bonchev–Trinajstić information content (AvgIpc) is 3.94. The summed E-state index contributed by atoms with van der Waals surface area (Å²) >= 11 is 0. The van der Waals surface area contributed by atoms with Gasteiger partial charge in [-0.3, -0.25) is 0 Å². The normalized spacial score (nSPS) is 42.4. The van der Waals surface area contributed by atoms with Gasteiger partial charge in [0, 0.05) is 0 Å². The molecule has 11 aliphatic rings. The zero-order valence-electron chi connectivity index (χ0n) is 42.2. The van der Waals surface area contributed by atoms with Crippen LogP contribution in [0.2, 0.25) is 0 Å². The van der Waals surface area contributed by atoms with Crippen molar-refractivity contribution in [3.8, 4) is 0 Å². The predicted molar refractivity (Wildman–Crippen MR) is 265 cm³/mol. The van der Waals surface area contributed by atoms with E-state index in [4.69, 9.17) is 0 Å². The molecule has 9 saturated carbocycles. The van der Waals surface area contributed by atoms with E-state index in [2.05, 4.69) is 140 Å². The molecule has 0 aromatic heterocycles. The summed E-state index contributed by atoms with van der Waals surface area (Å²) in [7, 11) is 0. The summed E-state index contributed by atoms with van der Waals surface area (Å²) in [5, 5.41) is 0. The molecular weight excluding hydrogens is 721 g/mol. The molecule has 0 aromatic rings. The Kier molecular flexibility index (Phi) is 14.6. The number of hydrogen-bond acceptors (Lipinski definition) is 0. The second-order valence-corrected chi connectivity index (χ2v) is 24.8. The molecule has 0 aliphatic heterocycles. The highest BCUT2D eigenvalue weighted by atomic mass is 14.8. The molecule has 0 saturated heterocycles. The summed E-state index contributed by atoms with van der Waals surface area (Å²) in [5.74, 6) is 8.83. The molecule has 10 bridgehead atoms. The van der Waals surface area contributed by atoms with Gasteiger partial charge in [0.2, 0.25) is 0 Å². The first-order valence-corrected chi connectivity index (χ1v) is 25.7. The van der Waals surface area contributed by atoms with Crippen molar-refractivity contribution in [3.63, 3.8) is 0 Å². The Morgan fingerprint density at radius 2 is 0.950 bits per heavy atom. The number of rotatable bonds is 12. The van der Waals surface area contributed by atoms with Crippen molar-refractivity contribution in [3.05, 3.63) is 82.5 Å². The van der Waals surface area contributed by atoms with E-state index >= 15 is 0 Å². The lowest BCUT2D eigenvalue weighted by Crippen LogP contribution is -2.49. The predicted octanol–water partition coefficient (Wildman–Crippen LogP) is 18.6. The molecule has 11 rings (SSSR count). The fourth-order valence-electron chi connectivity index (χ4n) is 16.0. The van der Waals surface area contributed by atoms with Crippen LogP contribution in [0.3, 0.4) is 0 Å². The highest BCUT2D eigenvalue weighted by Gasteiger charge is 2.80. The van der Waals surface area contributed by atoms with Gasteiger partial charge in [-0.2, -0.15) is 0 Å². The van der Waals surface area contributed by atoms with Crippen LogP contribution in [0, 0.1) is 80.3 Å². The lowest BCUT2D eigenvalue weighted by molar-refractivity contribution is -0.0312. The van der Waals surface area contributed by atoms with Gasteiger partial charge in [0.25, 0.3) is 0 Å². The molecule has 0 heteroatoms. The summed E-state index contributed by atoms with van der Waals surface area (Å²) in [6.45, 7) is 41.3. The molecule has 336 valence electrons.